The van der Waals surface area contributed by atoms with Gasteiger partial charge >= 0.3 is 0 Å². The molecule has 0 rings (SSSR count). The molecule has 9 heteroatoms. The molecule has 0 amide bonds. The third-order valence-electron chi connectivity index (χ3n) is 2.84. The topological polar surface area (TPSA) is 64.6 Å². The molecule has 0 N–H and O–H groups in total. The molecule has 0 aromatic rings. The van der Waals surface area contributed by atoms with Gasteiger partial charge in [-0.3, -0.25) is 0 Å². The lowest BCUT2D eigenvalue weighted by Crippen LogP contribution is -2.27. The highest BCUT2D eigenvalue weighted by atomic mass is 35.5. The van der Waals surface area contributed by atoms with Crippen molar-refractivity contribution < 1.29 is 32.8 Å². The molecular weight excluding hydrogens is 380 g/mol. The summed E-state index contributed by atoms with van der Waals surface area (Å²) in [5, 5.41) is 0. The fourth-order valence-corrected chi connectivity index (χ4v) is 2.47. The smallest absolute Gasteiger partial charge is 0.183 e. The van der Waals surface area contributed by atoms with Crippen LogP contribution in [0, 0.1) is 0 Å². The molecule has 0 saturated carbocycles. The number of hydrogen-bond donors (Lipinski definition) is 0. The van der Waals surface area contributed by atoms with Crippen LogP contribution in [0.4, 0.5) is 0 Å². The van der Waals surface area contributed by atoms with E-state index in [-0.39, 0.29) is 0 Å². The maximum atomic E-state index is 5.69. The molecule has 0 aliphatic heterocycles. The summed E-state index contributed by atoms with van der Waals surface area (Å²) < 4.78 is 37.8. The van der Waals surface area contributed by atoms with Crippen LogP contribution < -0.4 is 0 Å². The number of rotatable bonds is 21. The van der Waals surface area contributed by atoms with Crippen LogP contribution in [0.15, 0.2) is 0 Å². The number of halogens is 1. The summed E-state index contributed by atoms with van der Waals surface area (Å²) in [5.74, 6) is 0.510. The molecule has 0 spiro atoms. The lowest BCUT2D eigenvalue weighted by Gasteiger charge is -2.16. The predicted octanol–water partition coefficient (Wildman–Crippen LogP) is 2.18. The first-order valence-corrected chi connectivity index (χ1v) is 13.2. The highest BCUT2D eigenvalue weighted by molar-refractivity contribution is 6.69. The van der Waals surface area contributed by atoms with Crippen LogP contribution in [0.2, 0.25) is 19.6 Å². The Kier molecular flexibility index (Phi) is 20.1. The minimum absolute atomic E-state index is 0.510. The van der Waals surface area contributed by atoms with Gasteiger partial charge in [-0.05, 0) is 19.6 Å². The largest absolute Gasteiger partial charge is 0.415 e. The molecule has 0 bridgehead atoms. The third-order valence-corrected chi connectivity index (χ3v) is 4.07. The van der Waals surface area contributed by atoms with E-state index in [9.17, 15) is 0 Å². The van der Waals surface area contributed by atoms with E-state index < -0.39 is 8.32 Å². The zero-order chi connectivity index (χ0) is 19.3. The number of ether oxygens (including phenoxy) is 6. The molecule has 0 unspecified atom stereocenters. The van der Waals surface area contributed by atoms with E-state index >= 15 is 0 Å². The van der Waals surface area contributed by atoms with Crippen molar-refractivity contribution in [3.63, 3.8) is 0 Å². The van der Waals surface area contributed by atoms with Crippen LogP contribution in [-0.4, -0.2) is 100 Å². The Hall–Kier alpha value is 0.227. The Morgan fingerprint density at radius 2 is 0.731 bits per heavy atom. The lowest BCUT2D eigenvalue weighted by atomic mass is 10.7. The van der Waals surface area contributed by atoms with Gasteiger partial charge in [0.1, 0.15) is 0 Å². The normalized spacial score (nSPS) is 12.0. The lowest BCUT2D eigenvalue weighted by molar-refractivity contribution is -0.0173. The van der Waals surface area contributed by atoms with E-state index in [4.69, 9.17) is 44.4 Å². The minimum Gasteiger partial charge on any atom is -0.415 e. The molecular formula is C17H37ClO7Si. The van der Waals surface area contributed by atoms with Gasteiger partial charge in [-0.25, -0.2) is 0 Å². The summed E-state index contributed by atoms with van der Waals surface area (Å²) in [6.07, 6.45) is 0. The second-order valence-corrected chi connectivity index (χ2v) is 11.2. The monoisotopic (exact) mass is 416 g/mol. The summed E-state index contributed by atoms with van der Waals surface area (Å²) in [6, 6.07) is 0. The van der Waals surface area contributed by atoms with E-state index in [0.29, 0.717) is 91.8 Å². The standard InChI is InChI=1S/C17H37ClO7Si/c1-26(2,3)25-17-16-24-15-14-23-13-12-22-11-10-21-9-8-20-7-6-19-5-4-18/h4-17H2,1-3H3. The summed E-state index contributed by atoms with van der Waals surface area (Å²) in [4.78, 5) is 0. The molecule has 0 aromatic carbocycles. The van der Waals surface area contributed by atoms with Crippen molar-refractivity contribution in [3.05, 3.63) is 0 Å². The fraction of sp³-hybridized carbons (Fsp3) is 1.00. The zero-order valence-corrected chi connectivity index (χ0v) is 18.4. The quantitative estimate of drug-likeness (QED) is 0.161. The molecule has 158 valence electrons. The average molecular weight is 417 g/mol. The predicted molar refractivity (Wildman–Crippen MR) is 105 cm³/mol. The van der Waals surface area contributed by atoms with Gasteiger partial charge in [0.2, 0.25) is 0 Å². The van der Waals surface area contributed by atoms with Gasteiger partial charge in [-0.15, -0.1) is 11.6 Å². The van der Waals surface area contributed by atoms with E-state index in [1.165, 1.54) is 0 Å². The molecule has 0 aliphatic carbocycles. The van der Waals surface area contributed by atoms with Gasteiger partial charge in [-0.1, -0.05) is 0 Å². The van der Waals surface area contributed by atoms with Crippen LogP contribution in [0.1, 0.15) is 0 Å². The SMILES string of the molecule is C[Si](C)(C)OCCOCCOCCOCCOCCOCCOCCCl. The minimum atomic E-state index is -1.42. The van der Waals surface area contributed by atoms with Crippen LogP contribution in [0.3, 0.4) is 0 Å². The van der Waals surface area contributed by atoms with Gasteiger partial charge in [-0.2, -0.15) is 0 Å². The Bertz CT molecular complexity index is 280. The molecule has 26 heavy (non-hydrogen) atoms. The van der Waals surface area contributed by atoms with Crippen molar-refractivity contribution in [1.29, 1.82) is 0 Å². The van der Waals surface area contributed by atoms with Crippen LogP contribution in [-0.2, 0) is 32.8 Å². The second-order valence-electron chi connectivity index (χ2n) is 6.32. The molecule has 0 radical (unpaired) electrons. The average Bonchev–Trinajstić information content (AvgIpc) is 2.59. The zero-order valence-electron chi connectivity index (χ0n) is 16.6. The molecule has 0 saturated heterocycles. The summed E-state index contributed by atoms with van der Waals surface area (Å²) in [6.45, 7) is 13.9. The Morgan fingerprint density at radius 1 is 0.462 bits per heavy atom. The third kappa shape index (κ3) is 24.2. The van der Waals surface area contributed by atoms with E-state index in [2.05, 4.69) is 19.6 Å². The van der Waals surface area contributed by atoms with Gasteiger partial charge in [0.05, 0.1) is 85.9 Å². The van der Waals surface area contributed by atoms with E-state index in [0.717, 1.165) is 0 Å². The highest BCUT2D eigenvalue weighted by Crippen LogP contribution is 2.01. The van der Waals surface area contributed by atoms with Crippen LogP contribution >= 0.6 is 11.6 Å². The van der Waals surface area contributed by atoms with E-state index in [1.807, 2.05) is 0 Å². The summed E-state index contributed by atoms with van der Waals surface area (Å²) in [5.41, 5.74) is 0. The molecule has 0 fully saturated rings. The number of alkyl halides is 1. The first-order valence-electron chi connectivity index (χ1n) is 9.22. The second kappa shape index (κ2) is 20.0. The van der Waals surface area contributed by atoms with Crippen molar-refractivity contribution in [2.24, 2.45) is 0 Å². The maximum absolute atomic E-state index is 5.69. The van der Waals surface area contributed by atoms with Crippen LogP contribution in [0.25, 0.3) is 0 Å². The summed E-state index contributed by atoms with van der Waals surface area (Å²) >= 11 is 5.48. The number of hydrogen-bond acceptors (Lipinski definition) is 7. The molecule has 0 aliphatic rings. The van der Waals surface area contributed by atoms with E-state index in [1.54, 1.807) is 0 Å². The molecule has 7 nitrogen and oxygen atoms in total. The van der Waals surface area contributed by atoms with Crippen molar-refractivity contribution in [2.75, 3.05) is 91.8 Å². The summed E-state index contributed by atoms with van der Waals surface area (Å²) in [7, 11) is -1.42. The Morgan fingerprint density at radius 3 is 1.00 bits per heavy atom. The van der Waals surface area contributed by atoms with Crippen molar-refractivity contribution in [1.82, 2.24) is 0 Å². The molecule has 0 heterocycles. The van der Waals surface area contributed by atoms with Gasteiger partial charge in [0.15, 0.2) is 8.32 Å². The first kappa shape index (κ1) is 26.2. The Balaban J connectivity index is 3.01. The van der Waals surface area contributed by atoms with Crippen molar-refractivity contribution >= 4 is 19.9 Å². The molecule has 0 aromatic heterocycles. The van der Waals surface area contributed by atoms with Gasteiger partial charge in [0, 0.05) is 5.88 Å². The highest BCUT2D eigenvalue weighted by Gasteiger charge is 2.12. The van der Waals surface area contributed by atoms with Crippen molar-refractivity contribution in [3.8, 4) is 0 Å². The van der Waals surface area contributed by atoms with Crippen LogP contribution in [0.5, 0.6) is 0 Å². The first-order chi connectivity index (χ1) is 12.6. The van der Waals surface area contributed by atoms with Gasteiger partial charge < -0.3 is 32.8 Å². The fourth-order valence-electron chi connectivity index (χ4n) is 1.66. The van der Waals surface area contributed by atoms with Gasteiger partial charge in [0.25, 0.3) is 0 Å². The molecule has 0 atom stereocenters. The maximum Gasteiger partial charge on any atom is 0.183 e. The van der Waals surface area contributed by atoms with Crippen molar-refractivity contribution in [2.45, 2.75) is 19.6 Å². The Labute approximate surface area is 164 Å².